The zero-order valence-corrected chi connectivity index (χ0v) is 12.9. The maximum atomic E-state index is 5.63. The van der Waals surface area contributed by atoms with E-state index in [1.54, 1.807) is 0 Å². The Balaban J connectivity index is 1.70. The van der Waals surface area contributed by atoms with E-state index >= 15 is 0 Å². The molecule has 0 aromatic heterocycles. The minimum atomic E-state index is 0.793. The van der Waals surface area contributed by atoms with Gasteiger partial charge < -0.3 is 20.4 Å². The maximum Gasteiger partial charge on any atom is 0.0117 e. The smallest absolute Gasteiger partial charge is 0.0117 e. The molecule has 19 heavy (non-hydrogen) atoms. The minimum Gasteiger partial charge on any atom is -0.329 e. The van der Waals surface area contributed by atoms with Crippen molar-refractivity contribution in [1.82, 2.24) is 14.7 Å². The summed E-state index contributed by atoms with van der Waals surface area (Å²) in [4.78, 5) is 7.63. The topological polar surface area (TPSA) is 35.7 Å². The third kappa shape index (κ3) is 4.71. The molecule has 1 atom stereocenters. The summed E-state index contributed by atoms with van der Waals surface area (Å²) in [5.41, 5.74) is 5.63. The first-order chi connectivity index (χ1) is 9.19. The third-order valence-electron chi connectivity index (χ3n) is 4.89. The van der Waals surface area contributed by atoms with Gasteiger partial charge in [0.1, 0.15) is 0 Å². The fraction of sp³-hybridized carbons (Fsp3) is 1.00. The number of nitrogens with zero attached hydrogens (tertiary/aromatic N) is 3. The molecule has 2 aliphatic rings. The molecule has 2 aliphatic heterocycles. The summed E-state index contributed by atoms with van der Waals surface area (Å²) in [6.07, 6.45) is 5.43. The standard InChI is InChI=1S/C15H32N4/c1-17-8-3-4-14(12-17)13-18(2)15-5-9-19(10-6-15)11-7-16/h14-15H,3-13,16H2,1-2H3. The zero-order valence-electron chi connectivity index (χ0n) is 12.9. The van der Waals surface area contributed by atoms with E-state index in [4.69, 9.17) is 5.73 Å². The molecule has 1 unspecified atom stereocenters. The second-order valence-electron chi connectivity index (χ2n) is 6.57. The number of nitrogens with two attached hydrogens (primary N) is 1. The van der Waals surface area contributed by atoms with Crippen molar-refractivity contribution in [2.45, 2.75) is 31.7 Å². The van der Waals surface area contributed by atoms with E-state index < -0.39 is 0 Å². The Labute approximate surface area is 118 Å². The lowest BCUT2D eigenvalue weighted by Gasteiger charge is -2.39. The van der Waals surface area contributed by atoms with Crippen LogP contribution in [-0.2, 0) is 0 Å². The van der Waals surface area contributed by atoms with Gasteiger partial charge in [-0.25, -0.2) is 0 Å². The molecule has 0 aromatic carbocycles. The first-order valence-electron chi connectivity index (χ1n) is 8.00. The highest BCUT2D eigenvalue weighted by molar-refractivity contribution is 4.81. The van der Waals surface area contributed by atoms with E-state index in [0.717, 1.165) is 25.0 Å². The summed E-state index contributed by atoms with van der Waals surface area (Å²) in [7, 11) is 4.59. The van der Waals surface area contributed by atoms with Crippen molar-refractivity contribution in [2.75, 3.05) is 59.9 Å². The Kier molecular flexibility index (Phi) is 6.07. The van der Waals surface area contributed by atoms with Gasteiger partial charge in [0.2, 0.25) is 0 Å². The molecule has 2 saturated heterocycles. The molecule has 4 heteroatoms. The largest absolute Gasteiger partial charge is 0.329 e. The zero-order chi connectivity index (χ0) is 13.7. The Morgan fingerprint density at radius 2 is 1.89 bits per heavy atom. The van der Waals surface area contributed by atoms with Gasteiger partial charge in [-0.05, 0) is 65.3 Å². The first-order valence-corrected chi connectivity index (χ1v) is 8.00. The number of likely N-dealkylation sites (tertiary alicyclic amines) is 2. The van der Waals surface area contributed by atoms with Crippen molar-refractivity contribution in [1.29, 1.82) is 0 Å². The van der Waals surface area contributed by atoms with E-state index in [-0.39, 0.29) is 0 Å². The maximum absolute atomic E-state index is 5.63. The minimum absolute atomic E-state index is 0.793. The summed E-state index contributed by atoms with van der Waals surface area (Å²) in [5, 5.41) is 0. The molecule has 0 aromatic rings. The molecule has 0 aliphatic carbocycles. The fourth-order valence-electron chi connectivity index (χ4n) is 3.74. The molecule has 2 fully saturated rings. The van der Waals surface area contributed by atoms with E-state index in [1.165, 1.54) is 58.4 Å². The van der Waals surface area contributed by atoms with Gasteiger partial charge in [-0.1, -0.05) is 0 Å². The number of hydrogen-bond donors (Lipinski definition) is 1. The van der Waals surface area contributed by atoms with Crippen LogP contribution in [0.15, 0.2) is 0 Å². The molecule has 0 radical (unpaired) electrons. The summed E-state index contributed by atoms with van der Waals surface area (Å²) < 4.78 is 0. The van der Waals surface area contributed by atoms with Crippen LogP contribution in [0.25, 0.3) is 0 Å². The Morgan fingerprint density at radius 3 is 2.53 bits per heavy atom. The monoisotopic (exact) mass is 268 g/mol. The fourth-order valence-corrected chi connectivity index (χ4v) is 3.74. The van der Waals surface area contributed by atoms with Crippen LogP contribution in [0.5, 0.6) is 0 Å². The van der Waals surface area contributed by atoms with Crippen molar-refractivity contribution in [3.63, 3.8) is 0 Å². The Bertz CT molecular complexity index is 251. The average molecular weight is 268 g/mol. The van der Waals surface area contributed by atoms with E-state index in [9.17, 15) is 0 Å². The molecule has 2 N–H and O–H groups in total. The van der Waals surface area contributed by atoms with Gasteiger partial charge in [-0.3, -0.25) is 0 Å². The second kappa shape index (κ2) is 7.58. The van der Waals surface area contributed by atoms with Crippen LogP contribution in [0.3, 0.4) is 0 Å². The average Bonchev–Trinajstić information content (AvgIpc) is 2.40. The number of rotatable bonds is 5. The summed E-state index contributed by atoms with van der Waals surface area (Å²) in [5.74, 6) is 0.880. The molecule has 2 rings (SSSR count). The lowest BCUT2D eigenvalue weighted by Crippen LogP contribution is -2.47. The molecule has 0 spiro atoms. The van der Waals surface area contributed by atoms with Crippen LogP contribution in [0.2, 0.25) is 0 Å². The highest BCUT2D eigenvalue weighted by Gasteiger charge is 2.25. The lowest BCUT2D eigenvalue weighted by molar-refractivity contribution is 0.0974. The quantitative estimate of drug-likeness (QED) is 0.795. The number of hydrogen-bond acceptors (Lipinski definition) is 4. The molecule has 0 amide bonds. The summed E-state index contributed by atoms with van der Waals surface area (Å²) in [6, 6.07) is 0.793. The van der Waals surface area contributed by atoms with Crippen molar-refractivity contribution < 1.29 is 0 Å². The SMILES string of the molecule is CN1CCCC(CN(C)C2CCN(CCN)CC2)C1. The van der Waals surface area contributed by atoms with E-state index in [1.807, 2.05) is 0 Å². The summed E-state index contributed by atoms with van der Waals surface area (Å²) in [6.45, 7) is 8.20. The van der Waals surface area contributed by atoms with E-state index in [2.05, 4.69) is 28.8 Å². The molecule has 2 heterocycles. The van der Waals surface area contributed by atoms with Crippen molar-refractivity contribution in [3.05, 3.63) is 0 Å². The van der Waals surface area contributed by atoms with Crippen LogP contribution in [0.1, 0.15) is 25.7 Å². The Hall–Kier alpha value is -0.160. The van der Waals surface area contributed by atoms with Gasteiger partial charge in [0, 0.05) is 32.2 Å². The van der Waals surface area contributed by atoms with Crippen molar-refractivity contribution in [2.24, 2.45) is 11.7 Å². The van der Waals surface area contributed by atoms with Crippen LogP contribution in [-0.4, -0.2) is 80.7 Å². The second-order valence-corrected chi connectivity index (χ2v) is 6.57. The Morgan fingerprint density at radius 1 is 1.16 bits per heavy atom. The first kappa shape index (κ1) is 15.2. The van der Waals surface area contributed by atoms with Gasteiger partial charge in [0.15, 0.2) is 0 Å². The molecule has 0 bridgehead atoms. The van der Waals surface area contributed by atoms with Gasteiger partial charge in [-0.15, -0.1) is 0 Å². The van der Waals surface area contributed by atoms with Crippen LogP contribution in [0.4, 0.5) is 0 Å². The molecule has 0 saturated carbocycles. The highest BCUT2D eigenvalue weighted by Crippen LogP contribution is 2.20. The highest BCUT2D eigenvalue weighted by atomic mass is 15.2. The lowest BCUT2D eigenvalue weighted by atomic mass is 9.96. The van der Waals surface area contributed by atoms with Gasteiger partial charge in [0.05, 0.1) is 0 Å². The van der Waals surface area contributed by atoms with Crippen molar-refractivity contribution >= 4 is 0 Å². The normalized spacial score (nSPS) is 28.1. The van der Waals surface area contributed by atoms with Gasteiger partial charge >= 0.3 is 0 Å². The van der Waals surface area contributed by atoms with Gasteiger partial charge in [-0.2, -0.15) is 0 Å². The predicted octanol–water partition coefficient (Wildman–Crippen LogP) is 0.683. The predicted molar refractivity (Wildman–Crippen MR) is 81.4 cm³/mol. The van der Waals surface area contributed by atoms with Crippen molar-refractivity contribution in [3.8, 4) is 0 Å². The number of piperidine rings is 2. The third-order valence-corrected chi connectivity index (χ3v) is 4.89. The molecular formula is C15H32N4. The van der Waals surface area contributed by atoms with Crippen LogP contribution >= 0.6 is 0 Å². The van der Waals surface area contributed by atoms with E-state index in [0.29, 0.717) is 0 Å². The molecule has 4 nitrogen and oxygen atoms in total. The summed E-state index contributed by atoms with van der Waals surface area (Å²) >= 11 is 0. The van der Waals surface area contributed by atoms with Gasteiger partial charge in [0.25, 0.3) is 0 Å². The molecular weight excluding hydrogens is 236 g/mol. The van der Waals surface area contributed by atoms with Crippen LogP contribution < -0.4 is 5.73 Å². The van der Waals surface area contributed by atoms with Crippen LogP contribution in [0, 0.1) is 5.92 Å². The molecule has 112 valence electrons.